The van der Waals surface area contributed by atoms with Crippen LogP contribution in [0.2, 0.25) is 0 Å². The molecule has 0 aliphatic heterocycles. The van der Waals surface area contributed by atoms with Gasteiger partial charge in [0.15, 0.2) is 0 Å². The SMILES string of the molecule is O=S(=O)(Nc1ccc2c(c1)c1cc(Br)ccc1n2Cc1ccccc1)c1ccccc1. The number of benzene rings is 4. The molecule has 1 aromatic heterocycles. The Morgan fingerprint density at radius 1 is 0.742 bits per heavy atom. The monoisotopic (exact) mass is 490 g/mol. The van der Waals surface area contributed by atoms with Crippen LogP contribution in [0.5, 0.6) is 0 Å². The molecule has 0 saturated heterocycles. The predicted molar refractivity (Wildman–Crippen MR) is 130 cm³/mol. The third kappa shape index (κ3) is 3.84. The molecule has 154 valence electrons. The minimum absolute atomic E-state index is 0.240. The topological polar surface area (TPSA) is 51.1 Å². The van der Waals surface area contributed by atoms with Crippen LogP contribution in [0.4, 0.5) is 5.69 Å². The van der Waals surface area contributed by atoms with E-state index in [1.807, 2.05) is 42.5 Å². The number of hydrogen-bond acceptors (Lipinski definition) is 2. The lowest BCUT2D eigenvalue weighted by atomic mass is 10.1. The molecule has 0 saturated carbocycles. The van der Waals surface area contributed by atoms with Gasteiger partial charge in [-0.15, -0.1) is 0 Å². The maximum absolute atomic E-state index is 12.8. The molecule has 0 atom stereocenters. The van der Waals surface area contributed by atoms with Gasteiger partial charge in [0.05, 0.1) is 4.90 Å². The molecule has 0 fully saturated rings. The van der Waals surface area contributed by atoms with Crippen molar-refractivity contribution >= 4 is 53.4 Å². The minimum atomic E-state index is -3.65. The lowest BCUT2D eigenvalue weighted by Gasteiger charge is -2.10. The van der Waals surface area contributed by atoms with Crippen LogP contribution < -0.4 is 4.72 Å². The van der Waals surface area contributed by atoms with E-state index in [-0.39, 0.29) is 4.90 Å². The number of hydrogen-bond donors (Lipinski definition) is 1. The van der Waals surface area contributed by atoms with Crippen LogP contribution in [-0.4, -0.2) is 13.0 Å². The third-order valence-electron chi connectivity index (χ3n) is 5.32. The van der Waals surface area contributed by atoms with Crippen LogP contribution in [0, 0.1) is 0 Å². The summed E-state index contributed by atoms with van der Waals surface area (Å²) in [4.78, 5) is 0.240. The van der Waals surface area contributed by atoms with Crippen LogP contribution in [0.1, 0.15) is 5.56 Å². The van der Waals surface area contributed by atoms with Gasteiger partial charge in [0.25, 0.3) is 10.0 Å². The van der Waals surface area contributed by atoms with Gasteiger partial charge in [-0.3, -0.25) is 4.72 Å². The summed E-state index contributed by atoms with van der Waals surface area (Å²) < 4.78 is 31.5. The summed E-state index contributed by atoms with van der Waals surface area (Å²) in [6.45, 7) is 0.734. The number of rotatable bonds is 5. The third-order valence-corrected chi connectivity index (χ3v) is 7.21. The summed E-state index contributed by atoms with van der Waals surface area (Å²) in [5.41, 5.74) is 3.90. The smallest absolute Gasteiger partial charge is 0.261 e. The Bertz CT molecular complexity index is 1490. The Kier molecular flexibility index (Phi) is 5.04. The summed E-state index contributed by atoms with van der Waals surface area (Å²) in [5.74, 6) is 0. The van der Waals surface area contributed by atoms with Crippen LogP contribution in [0.25, 0.3) is 21.8 Å². The van der Waals surface area contributed by atoms with E-state index in [1.165, 1.54) is 5.56 Å². The van der Waals surface area contributed by atoms with Gasteiger partial charge in [-0.2, -0.15) is 0 Å². The van der Waals surface area contributed by atoms with Gasteiger partial charge in [0.1, 0.15) is 0 Å². The first kappa shape index (κ1) is 19.8. The van der Waals surface area contributed by atoms with Crippen molar-refractivity contribution in [2.45, 2.75) is 11.4 Å². The molecule has 4 aromatic carbocycles. The molecule has 5 rings (SSSR count). The zero-order chi connectivity index (χ0) is 21.4. The van der Waals surface area contributed by atoms with Crippen molar-refractivity contribution in [3.63, 3.8) is 0 Å². The number of aromatic nitrogens is 1. The van der Waals surface area contributed by atoms with Crippen molar-refractivity contribution in [2.24, 2.45) is 0 Å². The quantitative estimate of drug-likeness (QED) is 0.309. The Morgan fingerprint density at radius 2 is 1.35 bits per heavy atom. The molecule has 6 heteroatoms. The molecule has 0 amide bonds. The molecule has 0 radical (unpaired) electrons. The van der Waals surface area contributed by atoms with E-state index in [1.54, 1.807) is 30.3 Å². The highest BCUT2D eigenvalue weighted by Crippen LogP contribution is 2.34. The average Bonchev–Trinajstić information content (AvgIpc) is 3.07. The summed E-state index contributed by atoms with van der Waals surface area (Å²) in [7, 11) is -3.65. The molecular weight excluding hydrogens is 472 g/mol. The van der Waals surface area contributed by atoms with E-state index >= 15 is 0 Å². The number of anilines is 1. The second kappa shape index (κ2) is 7.87. The first-order chi connectivity index (χ1) is 15.0. The van der Waals surface area contributed by atoms with Gasteiger partial charge in [-0.25, -0.2) is 8.42 Å². The van der Waals surface area contributed by atoms with Crippen LogP contribution in [0.15, 0.2) is 106 Å². The largest absolute Gasteiger partial charge is 0.336 e. The molecule has 31 heavy (non-hydrogen) atoms. The molecule has 0 unspecified atom stereocenters. The molecule has 1 N–H and O–H groups in total. The van der Waals surface area contributed by atoms with Crippen molar-refractivity contribution < 1.29 is 8.42 Å². The Morgan fingerprint density at radius 3 is 2.06 bits per heavy atom. The highest BCUT2D eigenvalue weighted by molar-refractivity contribution is 9.10. The highest BCUT2D eigenvalue weighted by atomic mass is 79.9. The van der Waals surface area contributed by atoms with Gasteiger partial charge in [0.2, 0.25) is 0 Å². The maximum atomic E-state index is 12.8. The number of sulfonamides is 1. The lowest BCUT2D eigenvalue weighted by Crippen LogP contribution is -2.12. The fourth-order valence-electron chi connectivity index (χ4n) is 3.89. The van der Waals surface area contributed by atoms with Crippen LogP contribution >= 0.6 is 15.9 Å². The summed E-state index contributed by atoms with van der Waals surface area (Å²) in [5, 5.41) is 2.07. The van der Waals surface area contributed by atoms with Crippen LogP contribution in [-0.2, 0) is 16.6 Å². The standard InChI is InChI=1S/C25H19BrN2O2S/c26-19-11-13-24-22(15-19)23-16-20(27-31(29,30)21-9-5-2-6-10-21)12-14-25(23)28(24)17-18-7-3-1-4-8-18/h1-16,27H,17H2. The number of halogens is 1. The van der Waals surface area contributed by atoms with E-state index in [9.17, 15) is 8.42 Å². The normalized spacial score (nSPS) is 11.8. The predicted octanol–water partition coefficient (Wildman–Crippen LogP) is 6.41. The van der Waals surface area contributed by atoms with Gasteiger partial charge in [0, 0.05) is 38.5 Å². The highest BCUT2D eigenvalue weighted by Gasteiger charge is 2.16. The van der Waals surface area contributed by atoms with Gasteiger partial charge >= 0.3 is 0 Å². The van der Waals surface area contributed by atoms with E-state index in [2.05, 4.69) is 49.5 Å². The summed E-state index contributed by atoms with van der Waals surface area (Å²) in [6.07, 6.45) is 0. The molecule has 5 aromatic rings. The molecule has 0 spiro atoms. The lowest BCUT2D eigenvalue weighted by molar-refractivity contribution is 0.601. The van der Waals surface area contributed by atoms with Gasteiger partial charge in [-0.1, -0.05) is 64.5 Å². The number of nitrogens with one attached hydrogen (secondary N) is 1. The zero-order valence-corrected chi connectivity index (χ0v) is 18.9. The average molecular weight is 491 g/mol. The van der Waals surface area contributed by atoms with Crippen molar-refractivity contribution in [1.82, 2.24) is 4.57 Å². The fraction of sp³-hybridized carbons (Fsp3) is 0.0400. The Balaban J connectivity index is 1.63. The molecule has 4 nitrogen and oxygen atoms in total. The van der Waals surface area contributed by atoms with Crippen molar-refractivity contribution in [3.05, 3.63) is 107 Å². The molecule has 0 aliphatic rings. The first-order valence-corrected chi connectivity index (χ1v) is 12.1. The van der Waals surface area contributed by atoms with Gasteiger partial charge in [-0.05, 0) is 54.1 Å². The van der Waals surface area contributed by atoms with Crippen molar-refractivity contribution in [3.8, 4) is 0 Å². The zero-order valence-electron chi connectivity index (χ0n) is 16.5. The Hall–Kier alpha value is -3.09. The minimum Gasteiger partial charge on any atom is -0.336 e. The molecule has 0 aliphatic carbocycles. The van der Waals surface area contributed by atoms with Crippen LogP contribution in [0.3, 0.4) is 0 Å². The summed E-state index contributed by atoms with van der Waals surface area (Å²) in [6, 6.07) is 30.6. The van der Waals surface area contributed by atoms with E-state index < -0.39 is 10.0 Å². The second-order valence-corrected chi connectivity index (χ2v) is 9.98. The van der Waals surface area contributed by atoms with E-state index in [0.29, 0.717) is 5.69 Å². The number of nitrogens with zero attached hydrogens (tertiary/aromatic N) is 1. The van der Waals surface area contributed by atoms with Crippen molar-refractivity contribution in [1.29, 1.82) is 0 Å². The summed E-state index contributed by atoms with van der Waals surface area (Å²) >= 11 is 3.57. The molecular formula is C25H19BrN2O2S. The Labute approximate surface area is 189 Å². The number of fused-ring (bicyclic) bond motifs is 3. The second-order valence-electron chi connectivity index (χ2n) is 7.38. The van der Waals surface area contributed by atoms with E-state index in [0.717, 1.165) is 32.8 Å². The van der Waals surface area contributed by atoms with Gasteiger partial charge < -0.3 is 4.57 Å². The molecule has 1 heterocycles. The van der Waals surface area contributed by atoms with Crippen molar-refractivity contribution in [2.75, 3.05) is 4.72 Å². The maximum Gasteiger partial charge on any atom is 0.261 e. The fourth-order valence-corrected chi connectivity index (χ4v) is 5.32. The first-order valence-electron chi connectivity index (χ1n) is 9.84. The van der Waals surface area contributed by atoms with E-state index in [4.69, 9.17) is 0 Å². The molecule has 0 bridgehead atoms.